The number of hydrogen-bond donors (Lipinski definition) is 0. The Kier molecular flexibility index (Phi) is 5.16. The number of fused-ring (bicyclic) bond motifs is 1. The van der Waals surface area contributed by atoms with Crippen LogP contribution in [-0.2, 0) is 6.54 Å². The van der Waals surface area contributed by atoms with Gasteiger partial charge in [0.1, 0.15) is 0 Å². The van der Waals surface area contributed by atoms with Gasteiger partial charge < -0.3 is 4.90 Å². The molecule has 3 amide bonds. The van der Waals surface area contributed by atoms with Gasteiger partial charge in [-0.2, -0.15) is 0 Å². The van der Waals surface area contributed by atoms with Crippen molar-refractivity contribution < 1.29 is 19.2 Å². The van der Waals surface area contributed by atoms with E-state index in [1.54, 1.807) is 47.4 Å². The normalized spacial score (nSPS) is 12.9. The van der Waals surface area contributed by atoms with Crippen molar-refractivity contribution in [3.63, 3.8) is 0 Å². The molecule has 0 radical (unpaired) electrons. The number of benzene rings is 2. The molecule has 0 unspecified atom stereocenters. The number of hydrogen-bond acceptors (Lipinski definition) is 4. The Bertz CT molecular complexity index is 897. The van der Waals surface area contributed by atoms with Gasteiger partial charge in [0.2, 0.25) is 0 Å². The molecule has 2 aromatic carbocycles. The van der Waals surface area contributed by atoms with E-state index in [4.69, 9.17) is 0 Å². The number of carbonyl (C=O) groups is 4. The molecule has 0 N–H and O–H groups in total. The molecule has 2 aromatic rings. The van der Waals surface area contributed by atoms with Crippen LogP contribution < -0.4 is 0 Å². The lowest BCUT2D eigenvalue weighted by Crippen LogP contribution is -2.32. The van der Waals surface area contributed by atoms with E-state index >= 15 is 0 Å². The lowest BCUT2D eigenvalue weighted by atomic mass is 10.0. The number of nitrogens with zero attached hydrogens (tertiary/aromatic N) is 2. The summed E-state index contributed by atoms with van der Waals surface area (Å²) in [5.41, 5.74) is 1.95. The van der Waals surface area contributed by atoms with Crippen LogP contribution in [0.15, 0.2) is 42.5 Å². The minimum atomic E-state index is -0.355. The first-order chi connectivity index (χ1) is 13.0. The van der Waals surface area contributed by atoms with Crippen molar-refractivity contribution in [1.82, 2.24) is 9.80 Å². The van der Waals surface area contributed by atoms with E-state index in [1.165, 1.54) is 0 Å². The van der Waals surface area contributed by atoms with Gasteiger partial charge in [0.05, 0.1) is 23.2 Å². The van der Waals surface area contributed by atoms with Crippen molar-refractivity contribution in [1.29, 1.82) is 0 Å². The molecule has 0 bridgehead atoms. The van der Waals surface area contributed by atoms with Crippen LogP contribution in [0.25, 0.3) is 0 Å². The molecule has 0 aliphatic carbocycles. The Hall–Kier alpha value is -3.28. The van der Waals surface area contributed by atoms with Crippen LogP contribution in [0.1, 0.15) is 60.8 Å². The predicted molar refractivity (Wildman–Crippen MR) is 99.7 cm³/mol. The van der Waals surface area contributed by atoms with Crippen molar-refractivity contribution in [2.75, 3.05) is 13.1 Å². The van der Waals surface area contributed by atoms with Crippen molar-refractivity contribution in [3.05, 3.63) is 70.3 Å². The average Bonchev–Trinajstić information content (AvgIpc) is 2.94. The minimum Gasteiger partial charge on any atom is -0.339 e. The molecular formula is C21H20N2O4. The first kappa shape index (κ1) is 18.5. The first-order valence-electron chi connectivity index (χ1n) is 8.84. The second-order valence-corrected chi connectivity index (χ2v) is 6.26. The summed E-state index contributed by atoms with van der Waals surface area (Å²) in [6.07, 6.45) is 0.641. The third-order valence-electron chi connectivity index (χ3n) is 4.74. The maximum absolute atomic E-state index is 12.7. The summed E-state index contributed by atoms with van der Waals surface area (Å²) >= 11 is 0. The first-order valence-corrected chi connectivity index (χ1v) is 8.84. The largest absolute Gasteiger partial charge is 0.339 e. The molecule has 0 aromatic heterocycles. The van der Waals surface area contributed by atoms with Gasteiger partial charge in [-0.3, -0.25) is 24.1 Å². The molecule has 6 heteroatoms. The summed E-state index contributed by atoms with van der Waals surface area (Å²) in [5.74, 6) is -0.954. The van der Waals surface area contributed by atoms with Crippen LogP contribution in [0.4, 0.5) is 0 Å². The van der Waals surface area contributed by atoms with Gasteiger partial charge >= 0.3 is 0 Å². The Labute approximate surface area is 157 Å². The summed E-state index contributed by atoms with van der Waals surface area (Å²) in [4.78, 5) is 51.9. The summed E-state index contributed by atoms with van der Waals surface area (Å²) in [6, 6.07) is 11.5. The maximum atomic E-state index is 12.7. The third-order valence-corrected chi connectivity index (χ3v) is 4.74. The number of rotatable bonds is 6. The Balaban J connectivity index is 1.92. The van der Waals surface area contributed by atoms with Crippen LogP contribution >= 0.6 is 0 Å². The lowest BCUT2D eigenvalue weighted by Gasteiger charge is -2.20. The molecule has 1 aliphatic rings. The molecule has 0 saturated carbocycles. The van der Waals surface area contributed by atoms with Gasteiger partial charge in [-0.25, -0.2) is 0 Å². The Morgan fingerprint density at radius 3 is 2.11 bits per heavy atom. The van der Waals surface area contributed by atoms with E-state index in [9.17, 15) is 19.2 Å². The minimum absolute atomic E-state index is 0.0456. The zero-order valence-electron chi connectivity index (χ0n) is 15.3. The Morgan fingerprint density at radius 2 is 1.59 bits per heavy atom. The van der Waals surface area contributed by atoms with Gasteiger partial charge in [0.25, 0.3) is 17.7 Å². The zero-order chi connectivity index (χ0) is 19.6. The van der Waals surface area contributed by atoms with Gasteiger partial charge in [0, 0.05) is 18.7 Å². The molecular weight excluding hydrogens is 344 g/mol. The lowest BCUT2D eigenvalue weighted by molar-refractivity contribution is 0.0642. The molecule has 6 nitrogen and oxygen atoms in total. The van der Waals surface area contributed by atoms with Crippen LogP contribution in [0, 0.1) is 0 Å². The molecule has 0 atom stereocenters. The average molecular weight is 364 g/mol. The van der Waals surface area contributed by atoms with Gasteiger partial charge in [-0.15, -0.1) is 0 Å². The van der Waals surface area contributed by atoms with Gasteiger partial charge in [0.15, 0.2) is 6.29 Å². The monoisotopic (exact) mass is 364 g/mol. The third kappa shape index (κ3) is 3.26. The molecule has 0 spiro atoms. The highest BCUT2D eigenvalue weighted by Crippen LogP contribution is 2.25. The quantitative estimate of drug-likeness (QED) is 0.583. The van der Waals surface area contributed by atoms with Crippen molar-refractivity contribution in [3.8, 4) is 0 Å². The summed E-state index contributed by atoms with van der Waals surface area (Å²) in [5, 5.41) is 0. The molecule has 138 valence electrons. The molecule has 0 fully saturated rings. The van der Waals surface area contributed by atoms with E-state index in [0.29, 0.717) is 36.1 Å². The number of aldehydes is 1. The highest BCUT2D eigenvalue weighted by molar-refractivity contribution is 6.21. The van der Waals surface area contributed by atoms with E-state index < -0.39 is 0 Å². The van der Waals surface area contributed by atoms with Crippen molar-refractivity contribution in [2.24, 2.45) is 0 Å². The van der Waals surface area contributed by atoms with E-state index in [-0.39, 0.29) is 35.4 Å². The van der Waals surface area contributed by atoms with Crippen LogP contribution in [0.5, 0.6) is 0 Å². The second kappa shape index (κ2) is 7.53. The van der Waals surface area contributed by atoms with Crippen molar-refractivity contribution >= 4 is 24.0 Å². The number of carbonyl (C=O) groups excluding carboxylic acids is 4. The SMILES string of the molecule is CCN(CC)C(=O)c1cc(CN2C(=O)c3ccccc3C2=O)ccc1C=O. The fourth-order valence-corrected chi connectivity index (χ4v) is 3.24. The molecule has 27 heavy (non-hydrogen) atoms. The maximum Gasteiger partial charge on any atom is 0.261 e. The fourth-order valence-electron chi connectivity index (χ4n) is 3.24. The van der Waals surface area contributed by atoms with E-state index in [1.807, 2.05) is 13.8 Å². The Morgan fingerprint density at radius 1 is 1.00 bits per heavy atom. The topological polar surface area (TPSA) is 74.8 Å². The zero-order valence-corrected chi connectivity index (χ0v) is 15.3. The van der Waals surface area contributed by atoms with E-state index in [0.717, 1.165) is 4.90 Å². The number of amides is 3. The van der Waals surface area contributed by atoms with E-state index in [2.05, 4.69) is 0 Å². The van der Waals surface area contributed by atoms with Gasteiger partial charge in [-0.1, -0.05) is 24.3 Å². The summed E-state index contributed by atoms with van der Waals surface area (Å²) < 4.78 is 0. The standard InChI is InChI=1S/C21H20N2O4/c1-3-22(4-2)19(25)18-11-14(9-10-15(18)13-24)12-23-20(26)16-7-5-6-8-17(16)21(23)27/h5-11,13H,3-4,12H2,1-2H3. The smallest absolute Gasteiger partial charge is 0.261 e. The highest BCUT2D eigenvalue weighted by atomic mass is 16.2. The van der Waals surface area contributed by atoms with Crippen LogP contribution in [0.2, 0.25) is 0 Å². The van der Waals surface area contributed by atoms with Crippen molar-refractivity contribution in [2.45, 2.75) is 20.4 Å². The molecule has 0 saturated heterocycles. The molecule has 1 heterocycles. The number of imide groups is 1. The molecule has 3 rings (SSSR count). The van der Waals surface area contributed by atoms with Crippen LogP contribution in [-0.4, -0.2) is 46.9 Å². The molecule has 1 aliphatic heterocycles. The summed E-state index contributed by atoms with van der Waals surface area (Å²) in [6.45, 7) is 4.83. The fraction of sp³-hybridized carbons (Fsp3) is 0.238. The summed E-state index contributed by atoms with van der Waals surface area (Å²) in [7, 11) is 0. The predicted octanol–water partition coefficient (Wildman–Crippen LogP) is 2.78. The second-order valence-electron chi connectivity index (χ2n) is 6.26. The van der Waals surface area contributed by atoms with Crippen LogP contribution in [0.3, 0.4) is 0 Å². The highest BCUT2D eigenvalue weighted by Gasteiger charge is 2.35. The van der Waals surface area contributed by atoms with Gasteiger partial charge in [-0.05, 0) is 37.6 Å².